The SMILES string of the molecule is CCC(c1ccc(OC)cc1)N(CC)C(=O)C1CCC(OC)CC1. The molecule has 1 unspecified atom stereocenters. The van der Waals surface area contributed by atoms with Crippen molar-refractivity contribution in [1.82, 2.24) is 4.90 Å². The number of carbonyl (C=O) groups excluding carboxylic acids is 1. The molecule has 4 heteroatoms. The molecule has 134 valence electrons. The molecule has 0 bridgehead atoms. The number of benzene rings is 1. The molecule has 0 aromatic heterocycles. The molecular formula is C20H31NO3. The third-order valence-electron chi connectivity index (χ3n) is 5.24. The molecular weight excluding hydrogens is 302 g/mol. The third-order valence-corrected chi connectivity index (χ3v) is 5.24. The van der Waals surface area contributed by atoms with Crippen molar-refractivity contribution in [1.29, 1.82) is 0 Å². The molecule has 0 saturated heterocycles. The summed E-state index contributed by atoms with van der Waals surface area (Å²) in [6.07, 6.45) is 5.10. The number of amides is 1. The van der Waals surface area contributed by atoms with Crippen LogP contribution in [0.25, 0.3) is 0 Å². The molecule has 1 amide bonds. The number of methoxy groups -OCH3 is 2. The van der Waals surface area contributed by atoms with Crippen molar-refractivity contribution in [2.75, 3.05) is 20.8 Å². The lowest BCUT2D eigenvalue weighted by Crippen LogP contribution is -2.40. The molecule has 1 aromatic rings. The largest absolute Gasteiger partial charge is 0.497 e. The van der Waals surface area contributed by atoms with E-state index < -0.39 is 0 Å². The van der Waals surface area contributed by atoms with Gasteiger partial charge < -0.3 is 14.4 Å². The van der Waals surface area contributed by atoms with Gasteiger partial charge in [0.25, 0.3) is 0 Å². The molecule has 24 heavy (non-hydrogen) atoms. The summed E-state index contributed by atoms with van der Waals surface area (Å²) in [6, 6.07) is 8.23. The summed E-state index contributed by atoms with van der Waals surface area (Å²) in [5.41, 5.74) is 1.18. The Hall–Kier alpha value is -1.55. The molecule has 1 saturated carbocycles. The quantitative estimate of drug-likeness (QED) is 0.750. The Morgan fingerprint density at radius 2 is 1.75 bits per heavy atom. The van der Waals surface area contributed by atoms with Crippen molar-refractivity contribution in [2.24, 2.45) is 5.92 Å². The predicted octanol–water partition coefficient (Wildman–Crippen LogP) is 4.20. The highest BCUT2D eigenvalue weighted by Crippen LogP contribution is 2.32. The van der Waals surface area contributed by atoms with Crippen LogP contribution >= 0.6 is 0 Å². The first kappa shape index (κ1) is 18.8. The van der Waals surface area contributed by atoms with Crippen molar-refractivity contribution in [3.05, 3.63) is 29.8 Å². The normalized spacial score (nSPS) is 22.0. The summed E-state index contributed by atoms with van der Waals surface area (Å²) in [5, 5.41) is 0. The van der Waals surface area contributed by atoms with Gasteiger partial charge in [-0.1, -0.05) is 19.1 Å². The van der Waals surface area contributed by atoms with Crippen molar-refractivity contribution >= 4 is 5.91 Å². The van der Waals surface area contributed by atoms with Gasteiger partial charge in [0.05, 0.1) is 19.3 Å². The first-order valence-electron chi connectivity index (χ1n) is 9.11. The monoisotopic (exact) mass is 333 g/mol. The van der Waals surface area contributed by atoms with Gasteiger partial charge in [-0.15, -0.1) is 0 Å². The third kappa shape index (κ3) is 4.29. The van der Waals surface area contributed by atoms with Gasteiger partial charge in [-0.3, -0.25) is 4.79 Å². The lowest BCUT2D eigenvalue weighted by Gasteiger charge is -2.36. The second-order valence-electron chi connectivity index (χ2n) is 6.53. The number of rotatable bonds is 7. The lowest BCUT2D eigenvalue weighted by molar-refractivity contribution is -0.139. The summed E-state index contributed by atoms with van der Waals surface area (Å²) >= 11 is 0. The van der Waals surface area contributed by atoms with Crippen LogP contribution in [0.4, 0.5) is 0 Å². The Balaban J connectivity index is 2.10. The van der Waals surface area contributed by atoms with Gasteiger partial charge in [0, 0.05) is 19.6 Å². The minimum absolute atomic E-state index is 0.133. The molecule has 1 aliphatic rings. The number of hydrogen-bond donors (Lipinski definition) is 0. The maximum Gasteiger partial charge on any atom is 0.226 e. The fourth-order valence-electron chi connectivity index (χ4n) is 3.77. The van der Waals surface area contributed by atoms with E-state index >= 15 is 0 Å². The van der Waals surface area contributed by atoms with Crippen LogP contribution in [-0.2, 0) is 9.53 Å². The van der Waals surface area contributed by atoms with E-state index in [4.69, 9.17) is 9.47 Å². The van der Waals surface area contributed by atoms with E-state index in [1.807, 2.05) is 12.1 Å². The molecule has 1 aromatic carbocycles. The number of nitrogens with zero attached hydrogens (tertiary/aromatic N) is 1. The highest BCUT2D eigenvalue weighted by molar-refractivity contribution is 5.79. The molecule has 0 N–H and O–H groups in total. The van der Waals surface area contributed by atoms with Gasteiger partial charge >= 0.3 is 0 Å². The highest BCUT2D eigenvalue weighted by atomic mass is 16.5. The molecule has 1 aliphatic carbocycles. The fraction of sp³-hybridized carbons (Fsp3) is 0.650. The Morgan fingerprint density at radius 3 is 2.21 bits per heavy atom. The van der Waals surface area contributed by atoms with Crippen LogP contribution in [0.2, 0.25) is 0 Å². The smallest absolute Gasteiger partial charge is 0.226 e. The van der Waals surface area contributed by atoms with E-state index in [2.05, 4.69) is 30.9 Å². The first-order valence-corrected chi connectivity index (χ1v) is 9.11. The van der Waals surface area contributed by atoms with Crippen molar-refractivity contribution in [3.63, 3.8) is 0 Å². The minimum atomic E-state index is 0.133. The van der Waals surface area contributed by atoms with Crippen LogP contribution < -0.4 is 4.74 Å². The van der Waals surface area contributed by atoms with E-state index in [0.717, 1.165) is 44.4 Å². The fourth-order valence-corrected chi connectivity index (χ4v) is 3.77. The van der Waals surface area contributed by atoms with Gasteiger partial charge in [0.1, 0.15) is 5.75 Å². The van der Waals surface area contributed by atoms with Crippen molar-refractivity contribution in [2.45, 2.75) is 58.1 Å². The Kier molecular flexibility index (Phi) is 7.10. The average Bonchev–Trinajstić information content (AvgIpc) is 2.65. The molecule has 0 heterocycles. The van der Waals surface area contributed by atoms with Crippen LogP contribution in [0.5, 0.6) is 5.75 Å². The average molecular weight is 333 g/mol. The molecule has 0 radical (unpaired) electrons. The Bertz CT molecular complexity index is 506. The van der Waals surface area contributed by atoms with Crippen molar-refractivity contribution in [3.8, 4) is 5.75 Å². The maximum atomic E-state index is 13.1. The molecule has 0 spiro atoms. The summed E-state index contributed by atoms with van der Waals surface area (Å²) in [4.78, 5) is 15.1. The van der Waals surface area contributed by atoms with Gasteiger partial charge in [0.15, 0.2) is 0 Å². The van der Waals surface area contributed by atoms with Gasteiger partial charge in [0.2, 0.25) is 5.91 Å². The predicted molar refractivity (Wildman–Crippen MR) is 96.2 cm³/mol. The van der Waals surface area contributed by atoms with E-state index in [1.54, 1.807) is 14.2 Å². The second-order valence-corrected chi connectivity index (χ2v) is 6.53. The van der Waals surface area contributed by atoms with Crippen molar-refractivity contribution < 1.29 is 14.3 Å². The summed E-state index contributed by atoms with van der Waals surface area (Å²) in [5.74, 6) is 1.29. The summed E-state index contributed by atoms with van der Waals surface area (Å²) in [6.45, 7) is 4.96. The van der Waals surface area contributed by atoms with Gasteiger partial charge in [-0.25, -0.2) is 0 Å². The molecule has 1 atom stereocenters. The molecule has 1 fully saturated rings. The first-order chi connectivity index (χ1) is 11.6. The molecule has 2 rings (SSSR count). The zero-order valence-corrected chi connectivity index (χ0v) is 15.5. The Morgan fingerprint density at radius 1 is 1.12 bits per heavy atom. The number of ether oxygens (including phenoxy) is 2. The maximum absolute atomic E-state index is 13.1. The standard InChI is InChI=1S/C20H31NO3/c1-5-19(15-7-11-17(23-3)12-8-15)21(6-2)20(22)16-9-13-18(24-4)14-10-16/h7-8,11-12,16,18-19H,5-6,9-10,13-14H2,1-4H3. The molecule has 4 nitrogen and oxygen atoms in total. The van der Waals surface area contributed by atoms with Gasteiger partial charge in [-0.05, 0) is 56.7 Å². The van der Waals surface area contributed by atoms with Gasteiger partial charge in [-0.2, -0.15) is 0 Å². The summed E-state index contributed by atoms with van der Waals surface area (Å²) < 4.78 is 10.7. The van der Waals surface area contributed by atoms with Crippen LogP contribution in [0.3, 0.4) is 0 Å². The van der Waals surface area contributed by atoms with E-state index in [9.17, 15) is 4.79 Å². The van der Waals surface area contributed by atoms with Crippen LogP contribution in [-0.4, -0.2) is 37.7 Å². The molecule has 0 aliphatic heterocycles. The summed E-state index contributed by atoms with van der Waals surface area (Å²) in [7, 11) is 3.44. The number of hydrogen-bond acceptors (Lipinski definition) is 3. The highest BCUT2D eigenvalue weighted by Gasteiger charge is 2.32. The van der Waals surface area contributed by atoms with Crippen LogP contribution in [0.15, 0.2) is 24.3 Å². The van der Waals surface area contributed by atoms with E-state index in [1.165, 1.54) is 5.56 Å². The zero-order chi connectivity index (χ0) is 17.5. The minimum Gasteiger partial charge on any atom is -0.497 e. The number of carbonyl (C=O) groups is 1. The van der Waals surface area contributed by atoms with E-state index in [0.29, 0.717) is 12.0 Å². The lowest BCUT2D eigenvalue weighted by atomic mass is 9.85. The van der Waals surface area contributed by atoms with E-state index in [-0.39, 0.29) is 12.0 Å². The zero-order valence-electron chi connectivity index (χ0n) is 15.5. The topological polar surface area (TPSA) is 38.8 Å². The van der Waals surface area contributed by atoms with Crippen LogP contribution in [0.1, 0.15) is 57.6 Å². The van der Waals surface area contributed by atoms with Crippen LogP contribution in [0, 0.1) is 5.92 Å². The Labute approximate surface area is 146 Å². The second kappa shape index (κ2) is 9.07.